The maximum atomic E-state index is 13.5. The van der Waals surface area contributed by atoms with Crippen LogP contribution in [0.4, 0.5) is 4.39 Å². The Morgan fingerprint density at radius 3 is 2.50 bits per heavy atom. The molecular weight excluding hydrogens is 331 g/mol. The summed E-state index contributed by atoms with van der Waals surface area (Å²) in [7, 11) is -1.82. The number of methoxy groups -OCH3 is 2. The van der Waals surface area contributed by atoms with Crippen molar-refractivity contribution in [1.29, 1.82) is 0 Å². The smallest absolute Gasteiger partial charge is 0.321 e. The van der Waals surface area contributed by atoms with Gasteiger partial charge in [-0.15, -0.1) is 0 Å². The fraction of sp³-hybridized carbons (Fsp3) is 0.300. The molecule has 100 valence electrons. The lowest BCUT2D eigenvalue weighted by atomic mass is 10.3. The molecule has 1 rings (SSSR count). The predicted octanol–water partition coefficient (Wildman–Crippen LogP) is 1.54. The van der Waals surface area contributed by atoms with E-state index in [0.717, 1.165) is 20.3 Å². The number of hydrogen-bond acceptors (Lipinski definition) is 5. The van der Waals surface area contributed by atoms with Gasteiger partial charge in [0, 0.05) is 4.47 Å². The molecule has 0 saturated carbocycles. The van der Waals surface area contributed by atoms with E-state index in [4.69, 9.17) is 4.74 Å². The number of esters is 1. The molecular formula is C10H10BrFO5S. The molecule has 0 aromatic heterocycles. The van der Waals surface area contributed by atoms with E-state index in [9.17, 15) is 17.6 Å². The van der Waals surface area contributed by atoms with Crippen LogP contribution in [0.5, 0.6) is 5.75 Å². The van der Waals surface area contributed by atoms with Gasteiger partial charge in [0.1, 0.15) is 4.90 Å². The van der Waals surface area contributed by atoms with Gasteiger partial charge in [-0.3, -0.25) is 4.79 Å². The number of ether oxygens (including phenoxy) is 2. The van der Waals surface area contributed by atoms with Crippen molar-refractivity contribution in [3.63, 3.8) is 0 Å². The summed E-state index contributed by atoms with van der Waals surface area (Å²) in [5, 5.41) is 0. The van der Waals surface area contributed by atoms with Gasteiger partial charge in [0.15, 0.2) is 27.2 Å². The van der Waals surface area contributed by atoms with Gasteiger partial charge in [-0.1, -0.05) is 15.9 Å². The molecule has 0 aliphatic heterocycles. The fourth-order valence-electron chi connectivity index (χ4n) is 1.26. The Labute approximate surface area is 112 Å². The molecule has 0 amide bonds. The van der Waals surface area contributed by atoms with Crippen LogP contribution in [0.15, 0.2) is 21.5 Å². The minimum Gasteiger partial charge on any atom is -0.492 e. The minimum atomic E-state index is -4.03. The first-order valence-corrected chi connectivity index (χ1v) is 7.09. The first kappa shape index (κ1) is 14.9. The Morgan fingerprint density at radius 2 is 2.00 bits per heavy atom. The number of hydrogen-bond donors (Lipinski definition) is 0. The molecule has 0 aliphatic rings. The number of carbonyl (C=O) groups is 1. The summed E-state index contributed by atoms with van der Waals surface area (Å²) in [6.45, 7) is 0. The van der Waals surface area contributed by atoms with Crippen LogP contribution in [-0.4, -0.2) is 34.4 Å². The largest absolute Gasteiger partial charge is 0.492 e. The lowest BCUT2D eigenvalue weighted by molar-refractivity contribution is -0.137. The van der Waals surface area contributed by atoms with E-state index in [0.29, 0.717) is 0 Å². The zero-order chi connectivity index (χ0) is 13.9. The second-order valence-electron chi connectivity index (χ2n) is 3.25. The van der Waals surface area contributed by atoms with E-state index >= 15 is 0 Å². The molecule has 0 atom stereocenters. The van der Waals surface area contributed by atoms with Crippen molar-refractivity contribution in [3.8, 4) is 5.75 Å². The third-order valence-corrected chi connectivity index (χ3v) is 4.10. The first-order valence-electron chi connectivity index (χ1n) is 4.64. The molecule has 0 aliphatic carbocycles. The van der Waals surface area contributed by atoms with Crippen LogP contribution < -0.4 is 4.74 Å². The number of halogens is 2. The maximum absolute atomic E-state index is 13.5. The van der Waals surface area contributed by atoms with Gasteiger partial charge < -0.3 is 9.47 Å². The Bertz CT molecular complexity index is 570. The third-order valence-electron chi connectivity index (χ3n) is 2.05. The van der Waals surface area contributed by atoms with Gasteiger partial charge in [-0.25, -0.2) is 12.8 Å². The molecule has 0 bridgehead atoms. The molecule has 0 N–H and O–H groups in total. The summed E-state index contributed by atoms with van der Waals surface area (Å²) in [6.07, 6.45) is 0. The molecule has 1 aromatic rings. The van der Waals surface area contributed by atoms with Crippen molar-refractivity contribution < 1.29 is 27.1 Å². The average molecular weight is 341 g/mol. The number of carbonyl (C=O) groups excluding carboxylic acids is 1. The van der Waals surface area contributed by atoms with Crippen molar-refractivity contribution in [2.24, 2.45) is 0 Å². The maximum Gasteiger partial charge on any atom is 0.321 e. The van der Waals surface area contributed by atoms with Crippen LogP contribution in [0.1, 0.15) is 0 Å². The molecule has 0 radical (unpaired) electrons. The highest BCUT2D eigenvalue weighted by Crippen LogP contribution is 2.31. The average Bonchev–Trinajstić information content (AvgIpc) is 2.27. The molecule has 18 heavy (non-hydrogen) atoms. The van der Waals surface area contributed by atoms with Crippen molar-refractivity contribution in [1.82, 2.24) is 0 Å². The highest BCUT2D eigenvalue weighted by molar-refractivity contribution is 9.10. The van der Waals surface area contributed by atoms with E-state index in [1.165, 1.54) is 6.07 Å². The Morgan fingerprint density at radius 1 is 1.39 bits per heavy atom. The van der Waals surface area contributed by atoms with E-state index in [1.807, 2.05) is 0 Å². The standard InChI is InChI=1S/C10H10BrFO5S/c1-16-9(13)5-18(14,15)8-4-6(11)3-7(12)10(8)17-2/h3-4H,5H2,1-2H3. The van der Waals surface area contributed by atoms with Gasteiger partial charge >= 0.3 is 5.97 Å². The Hall–Kier alpha value is -1.15. The SMILES string of the molecule is COC(=O)CS(=O)(=O)c1cc(Br)cc(F)c1OC. The van der Waals surface area contributed by atoms with Gasteiger partial charge in [0.25, 0.3) is 0 Å². The van der Waals surface area contributed by atoms with Crippen molar-refractivity contribution in [3.05, 3.63) is 22.4 Å². The van der Waals surface area contributed by atoms with Gasteiger partial charge in [-0.05, 0) is 12.1 Å². The zero-order valence-corrected chi connectivity index (χ0v) is 12.0. The second-order valence-corrected chi connectivity index (χ2v) is 6.13. The summed E-state index contributed by atoms with van der Waals surface area (Å²) < 4.78 is 46.6. The van der Waals surface area contributed by atoms with Crippen LogP contribution in [0, 0.1) is 5.82 Å². The van der Waals surface area contributed by atoms with Crippen LogP contribution in [0.25, 0.3) is 0 Å². The van der Waals surface area contributed by atoms with E-state index in [2.05, 4.69) is 20.7 Å². The Balaban J connectivity index is 3.36. The van der Waals surface area contributed by atoms with E-state index < -0.39 is 38.0 Å². The summed E-state index contributed by atoms with van der Waals surface area (Å²) in [4.78, 5) is 10.6. The van der Waals surface area contributed by atoms with Crippen molar-refractivity contribution in [2.75, 3.05) is 20.0 Å². The van der Waals surface area contributed by atoms with Crippen molar-refractivity contribution in [2.45, 2.75) is 4.90 Å². The lowest BCUT2D eigenvalue weighted by Gasteiger charge is -2.10. The quantitative estimate of drug-likeness (QED) is 0.777. The number of sulfone groups is 1. The molecule has 5 nitrogen and oxygen atoms in total. The molecule has 0 heterocycles. The van der Waals surface area contributed by atoms with Crippen molar-refractivity contribution >= 4 is 31.7 Å². The highest BCUT2D eigenvalue weighted by atomic mass is 79.9. The molecule has 0 saturated heterocycles. The summed E-state index contributed by atoms with van der Waals surface area (Å²) in [6, 6.07) is 2.23. The molecule has 1 aromatic carbocycles. The van der Waals surface area contributed by atoms with Crippen LogP contribution in [0.2, 0.25) is 0 Å². The zero-order valence-electron chi connectivity index (χ0n) is 9.57. The van der Waals surface area contributed by atoms with E-state index in [1.54, 1.807) is 0 Å². The summed E-state index contributed by atoms with van der Waals surface area (Å²) >= 11 is 2.98. The third kappa shape index (κ3) is 3.20. The molecule has 0 spiro atoms. The number of rotatable bonds is 4. The van der Waals surface area contributed by atoms with Crippen LogP contribution in [-0.2, 0) is 19.4 Å². The summed E-state index contributed by atoms with van der Waals surface area (Å²) in [5.74, 6) is -3.08. The predicted molar refractivity (Wildman–Crippen MR) is 64.7 cm³/mol. The number of benzene rings is 1. The van der Waals surface area contributed by atoms with E-state index in [-0.39, 0.29) is 4.47 Å². The van der Waals surface area contributed by atoms with Crippen LogP contribution in [0.3, 0.4) is 0 Å². The molecule has 0 unspecified atom stereocenters. The van der Waals surface area contributed by atoms with Gasteiger partial charge in [0.05, 0.1) is 14.2 Å². The summed E-state index contributed by atoms with van der Waals surface area (Å²) in [5.41, 5.74) is 0. The minimum absolute atomic E-state index is 0.226. The second kappa shape index (κ2) is 5.66. The topological polar surface area (TPSA) is 69.7 Å². The monoisotopic (exact) mass is 340 g/mol. The normalized spacial score (nSPS) is 11.1. The first-order chi connectivity index (χ1) is 8.31. The Kier molecular flexibility index (Phi) is 4.69. The molecule has 0 fully saturated rings. The molecule has 8 heteroatoms. The highest BCUT2D eigenvalue weighted by Gasteiger charge is 2.26. The van der Waals surface area contributed by atoms with Crippen LogP contribution >= 0.6 is 15.9 Å². The lowest BCUT2D eigenvalue weighted by Crippen LogP contribution is -2.18. The van der Waals surface area contributed by atoms with Gasteiger partial charge in [0.2, 0.25) is 0 Å². The fourth-order valence-corrected chi connectivity index (χ4v) is 3.19. The van der Waals surface area contributed by atoms with Gasteiger partial charge in [-0.2, -0.15) is 0 Å².